The summed E-state index contributed by atoms with van der Waals surface area (Å²) in [6, 6.07) is 22.8. The normalized spacial score (nSPS) is 18.1. The van der Waals surface area contributed by atoms with Gasteiger partial charge in [-0.05, 0) is 73.5 Å². The Morgan fingerprint density at radius 3 is 2.42 bits per heavy atom. The van der Waals surface area contributed by atoms with Gasteiger partial charge < -0.3 is 20.1 Å². The van der Waals surface area contributed by atoms with Crippen LogP contribution in [-0.2, 0) is 0 Å². The quantitative estimate of drug-likeness (QED) is 0.390. The number of fused-ring (bicyclic) bond motifs is 1. The lowest BCUT2D eigenvalue weighted by Gasteiger charge is -2.36. The molecule has 1 aliphatic carbocycles. The molecule has 0 aromatic heterocycles. The average molecular weight is 485 g/mol. The first kappa shape index (κ1) is 24.5. The number of hydrogen-bond donors (Lipinski definition) is 2. The number of carboxylic acid groups (broad SMARTS) is 1. The predicted molar refractivity (Wildman–Crippen MR) is 146 cm³/mol. The molecule has 1 aliphatic heterocycles. The summed E-state index contributed by atoms with van der Waals surface area (Å²) < 4.78 is 6.33. The summed E-state index contributed by atoms with van der Waals surface area (Å²) in [5, 5.41) is 15.3. The Kier molecular flexibility index (Phi) is 7.99. The maximum atomic E-state index is 11.2. The number of piperidine rings is 1. The fourth-order valence-electron chi connectivity index (χ4n) is 5.61. The van der Waals surface area contributed by atoms with Crippen LogP contribution in [0.2, 0.25) is 0 Å². The van der Waals surface area contributed by atoms with E-state index in [-0.39, 0.29) is 0 Å². The van der Waals surface area contributed by atoms with E-state index in [2.05, 4.69) is 34.5 Å². The maximum Gasteiger partial charge on any atom is 0.335 e. The first-order valence-electron chi connectivity index (χ1n) is 13.3. The molecule has 188 valence electrons. The first-order chi connectivity index (χ1) is 17.7. The molecule has 0 radical (unpaired) electrons. The largest absolute Gasteiger partial charge is 0.489 e. The van der Waals surface area contributed by atoms with Crippen LogP contribution in [0.25, 0.3) is 16.8 Å². The van der Waals surface area contributed by atoms with Crippen molar-refractivity contribution in [2.24, 2.45) is 0 Å². The molecule has 0 bridgehead atoms. The molecule has 0 spiro atoms. The van der Waals surface area contributed by atoms with E-state index in [4.69, 9.17) is 4.74 Å². The number of benzene rings is 3. The molecule has 1 saturated heterocycles. The molecule has 0 amide bonds. The van der Waals surface area contributed by atoms with Crippen molar-refractivity contribution in [3.05, 3.63) is 83.4 Å². The minimum atomic E-state index is -0.907. The van der Waals surface area contributed by atoms with Crippen molar-refractivity contribution in [3.8, 4) is 5.75 Å². The van der Waals surface area contributed by atoms with Crippen molar-refractivity contribution < 1.29 is 14.6 Å². The molecule has 5 nitrogen and oxygen atoms in total. The maximum absolute atomic E-state index is 11.2. The fraction of sp³-hybridized carbons (Fsp3) is 0.387. The molecule has 3 aromatic carbocycles. The summed E-state index contributed by atoms with van der Waals surface area (Å²) in [5.74, 6) is -0.0271. The standard InChI is InChI=1S/C31H36N2O3/c34-31(35)26-14-12-23(13-15-26)20-24(22-36-30-11-5-7-25-6-1-4-10-29(25)30)21-32-27-16-18-33(19-17-27)28-8-2-3-9-28/h1,4-7,10-15,20,27-28,32H,2-3,8-9,16-19,21-22H2,(H,34,35). The SMILES string of the molecule is O=C(O)c1ccc(C=C(CNC2CCN(C3CCCC3)CC2)COc2cccc3ccccc23)cc1. The van der Waals surface area contributed by atoms with E-state index >= 15 is 0 Å². The van der Waals surface area contributed by atoms with Crippen LogP contribution in [0, 0.1) is 0 Å². The molecule has 5 heteroatoms. The lowest BCUT2D eigenvalue weighted by Crippen LogP contribution is -2.46. The van der Waals surface area contributed by atoms with Crippen LogP contribution in [-0.4, -0.2) is 54.3 Å². The fourth-order valence-corrected chi connectivity index (χ4v) is 5.61. The second-order valence-electron chi connectivity index (χ2n) is 10.1. The number of likely N-dealkylation sites (tertiary alicyclic amines) is 1. The third kappa shape index (κ3) is 6.15. The molecule has 5 rings (SSSR count). The van der Waals surface area contributed by atoms with Crippen molar-refractivity contribution in [2.75, 3.05) is 26.2 Å². The predicted octanol–water partition coefficient (Wildman–Crippen LogP) is 6.00. The van der Waals surface area contributed by atoms with Crippen molar-refractivity contribution in [3.63, 3.8) is 0 Å². The second kappa shape index (κ2) is 11.7. The Hall–Kier alpha value is -3.15. The van der Waals surface area contributed by atoms with E-state index in [1.54, 1.807) is 12.1 Å². The molecule has 2 aliphatic rings. The van der Waals surface area contributed by atoms with Crippen LogP contribution in [0.5, 0.6) is 5.75 Å². The number of nitrogens with one attached hydrogen (secondary N) is 1. The highest BCUT2D eigenvalue weighted by Gasteiger charge is 2.26. The van der Waals surface area contributed by atoms with Crippen LogP contribution in [0.1, 0.15) is 54.4 Å². The molecule has 0 atom stereocenters. The monoisotopic (exact) mass is 484 g/mol. The van der Waals surface area contributed by atoms with Gasteiger partial charge >= 0.3 is 5.97 Å². The van der Waals surface area contributed by atoms with Gasteiger partial charge in [0.1, 0.15) is 12.4 Å². The number of nitrogens with zero attached hydrogens (tertiary/aromatic N) is 1. The highest BCUT2D eigenvalue weighted by Crippen LogP contribution is 2.27. The Morgan fingerprint density at radius 2 is 1.67 bits per heavy atom. The molecular formula is C31H36N2O3. The number of carbonyl (C=O) groups is 1. The van der Waals surface area contributed by atoms with Crippen LogP contribution >= 0.6 is 0 Å². The molecule has 36 heavy (non-hydrogen) atoms. The minimum absolute atomic E-state index is 0.299. The van der Waals surface area contributed by atoms with Gasteiger partial charge in [-0.25, -0.2) is 4.79 Å². The van der Waals surface area contributed by atoms with Gasteiger partial charge in [0.25, 0.3) is 0 Å². The van der Waals surface area contributed by atoms with Crippen molar-refractivity contribution in [2.45, 2.75) is 50.6 Å². The zero-order valence-corrected chi connectivity index (χ0v) is 20.9. The van der Waals surface area contributed by atoms with E-state index in [9.17, 15) is 9.90 Å². The van der Waals surface area contributed by atoms with Gasteiger partial charge in [-0.2, -0.15) is 0 Å². The summed E-state index contributed by atoms with van der Waals surface area (Å²) in [5.41, 5.74) is 2.42. The Labute approximate surface area is 213 Å². The summed E-state index contributed by atoms with van der Waals surface area (Å²) >= 11 is 0. The average Bonchev–Trinajstić information content (AvgIpc) is 3.46. The molecule has 1 heterocycles. The summed E-state index contributed by atoms with van der Waals surface area (Å²) in [6.07, 6.45) is 10.0. The zero-order valence-electron chi connectivity index (χ0n) is 20.9. The number of aromatic carboxylic acids is 1. The van der Waals surface area contributed by atoms with Crippen molar-refractivity contribution in [1.82, 2.24) is 10.2 Å². The zero-order chi connectivity index (χ0) is 24.7. The summed E-state index contributed by atoms with van der Waals surface area (Å²) in [6.45, 7) is 3.59. The van der Waals surface area contributed by atoms with E-state index in [1.165, 1.54) is 51.6 Å². The number of hydrogen-bond acceptors (Lipinski definition) is 4. The van der Waals surface area contributed by atoms with Crippen molar-refractivity contribution in [1.29, 1.82) is 0 Å². The summed E-state index contributed by atoms with van der Waals surface area (Å²) in [4.78, 5) is 13.9. The van der Waals surface area contributed by atoms with E-state index in [0.717, 1.165) is 40.2 Å². The molecular weight excluding hydrogens is 448 g/mol. The Balaban J connectivity index is 1.26. The molecule has 2 fully saturated rings. The molecule has 1 saturated carbocycles. The third-order valence-corrected chi connectivity index (χ3v) is 7.68. The lowest BCUT2D eigenvalue weighted by atomic mass is 10.0. The van der Waals surface area contributed by atoms with Gasteiger partial charge in [0.05, 0.1) is 5.56 Å². The highest BCUT2D eigenvalue weighted by atomic mass is 16.5. The van der Waals surface area contributed by atoms with Gasteiger partial charge in [0, 0.05) is 24.0 Å². The summed E-state index contributed by atoms with van der Waals surface area (Å²) in [7, 11) is 0. The molecule has 0 unspecified atom stereocenters. The van der Waals surface area contributed by atoms with Crippen LogP contribution in [0.4, 0.5) is 0 Å². The third-order valence-electron chi connectivity index (χ3n) is 7.68. The lowest BCUT2D eigenvalue weighted by molar-refractivity contribution is 0.0697. The Bertz CT molecular complexity index is 1180. The van der Waals surface area contributed by atoms with E-state index in [1.807, 2.05) is 36.4 Å². The highest BCUT2D eigenvalue weighted by molar-refractivity contribution is 5.88. The van der Waals surface area contributed by atoms with Crippen LogP contribution in [0.3, 0.4) is 0 Å². The van der Waals surface area contributed by atoms with Gasteiger partial charge in [-0.15, -0.1) is 0 Å². The van der Waals surface area contributed by atoms with Crippen LogP contribution < -0.4 is 10.1 Å². The van der Waals surface area contributed by atoms with Crippen molar-refractivity contribution >= 4 is 22.8 Å². The topological polar surface area (TPSA) is 61.8 Å². The van der Waals surface area contributed by atoms with E-state index < -0.39 is 5.97 Å². The Morgan fingerprint density at radius 1 is 0.944 bits per heavy atom. The second-order valence-corrected chi connectivity index (χ2v) is 10.1. The first-order valence-corrected chi connectivity index (χ1v) is 13.3. The smallest absolute Gasteiger partial charge is 0.335 e. The minimum Gasteiger partial charge on any atom is -0.489 e. The van der Waals surface area contributed by atoms with Gasteiger partial charge in [0.2, 0.25) is 0 Å². The molecule has 2 N–H and O–H groups in total. The van der Waals surface area contributed by atoms with E-state index in [0.29, 0.717) is 18.2 Å². The van der Waals surface area contributed by atoms with Crippen LogP contribution in [0.15, 0.2) is 72.3 Å². The van der Waals surface area contributed by atoms with Gasteiger partial charge in [0.15, 0.2) is 0 Å². The van der Waals surface area contributed by atoms with Gasteiger partial charge in [-0.1, -0.05) is 67.4 Å². The number of rotatable bonds is 9. The number of carboxylic acids is 1. The van der Waals surface area contributed by atoms with Gasteiger partial charge in [-0.3, -0.25) is 0 Å². The molecule has 3 aromatic rings. The number of ether oxygens (including phenoxy) is 1.